The molecule has 0 radical (unpaired) electrons. The third kappa shape index (κ3) is 3.29. The highest BCUT2D eigenvalue weighted by atomic mass is 19.1. The first-order valence-corrected chi connectivity index (χ1v) is 7.27. The van der Waals surface area contributed by atoms with Gasteiger partial charge in [-0.1, -0.05) is 12.1 Å². The standard InChI is InChI=1S/C17H14F2N4O/c1-10(17(24)23-15-7-6-11(18)8-13(15)19)22-16-12-4-2-3-5-14(12)20-9-21-16/h2-10H,1H3,(H,23,24)(H,20,21,22). The Labute approximate surface area is 136 Å². The minimum absolute atomic E-state index is 0.0809. The highest BCUT2D eigenvalue weighted by Crippen LogP contribution is 2.20. The maximum Gasteiger partial charge on any atom is 0.246 e. The van der Waals surface area contributed by atoms with E-state index in [4.69, 9.17) is 0 Å². The van der Waals surface area contributed by atoms with Gasteiger partial charge >= 0.3 is 0 Å². The Morgan fingerprint density at radius 2 is 1.92 bits per heavy atom. The van der Waals surface area contributed by atoms with Gasteiger partial charge in [-0.05, 0) is 31.2 Å². The molecule has 0 spiro atoms. The van der Waals surface area contributed by atoms with Gasteiger partial charge in [-0.25, -0.2) is 18.7 Å². The van der Waals surface area contributed by atoms with E-state index in [0.717, 1.165) is 17.0 Å². The molecule has 1 unspecified atom stereocenters. The van der Waals surface area contributed by atoms with Crippen molar-refractivity contribution >= 4 is 28.3 Å². The second kappa shape index (κ2) is 6.57. The number of nitrogens with zero attached hydrogens (tertiary/aromatic N) is 2. The van der Waals surface area contributed by atoms with Crippen LogP contribution in [0.15, 0.2) is 48.8 Å². The largest absolute Gasteiger partial charge is 0.358 e. The van der Waals surface area contributed by atoms with E-state index in [1.807, 2.05) is 24.3 Å². The Kier molecular flexibility index (Phi) is 4.33. The number of carbonyl (C=O) groups is 1. The first-order valence-electron chi connectivity index (χ1n) is 7.27. The summed E-state index contributed by atoms with van der Waals surface area (Å²) in [5, 5.41) is 6.17. The maximum absolute atomic E-state index is 13.6. The van der Waals surface area contributed by atoms with Gasteiger partial charge in [0, 0.05) is 11.5 Å². The average Bonchev–Trinajstić information content (AvgIpc) is 2.57. The number of hydrogen-bond donors (Lipinski definition) is 2. The summed E-state index contributed by atoms with van der Waals surface area (Å²) < 4.78 is 26.5. The summed E-state index contributed by atoms with van der Waals surface area (Å²) in [6.45, 7) is 1.62. The summed E-state index contributed by atoms with van der Waals surface area (Å²) in [6.07, 6.45) is 1.40. The van der Waals surface area contributed by atoms with Crippen LogP contribution >= 0.6 is 0 Å². The number of carbonyl (C=O) groups excluding carboxylic acids is 1. The van der Waals surface area contributed by atoms with Crippen molar-refractivity contribution in [1.82, 2.24) is 9.97 Å². The number of halogens is 2. The van der Waals surface area contributed by atoms with Crippen LogP contribution in [0.5, 0.6) is 0 Å². The van der Waals surface area contributed by atoms with Crippen molar-refractivity contribution in [3.8, 4) is 0 Å². The van der Waals surface area contributed by atoms with Crippen molar-refractivity contribution < 1.29 is 13.6 Å². The molecule has 3 aromatic rings. The topological polar surface area (TPSA) is 66.9 Å². The van der Waals surface area contributed by atoms with Gasteiger partial charge in [0.2, 0.25) is 5.91 Å². The zero-order valence-corrected chi connectivity index (χ0v) is 12.8. The van der Waals surface area contributed by atoms with E-state index in [1.165, 1.54) is 12.4 Å². The molecule has 2 N–H and O–H groups in total. The summed E-state index contributed by atoms with van der Waals surface area (Å²) in [5.74, 6) is -1.50. The quantitative estimate of drug-likeness (QED) is 0.771. The van der Waals surface area contributed by atoms with Crippen molar-refractivity contribution in [3.05, 3.63) is 60.4 Å². The van der Waals surface area contributed by atoms with Crippen LogP contribution in [0.3, 0.4) is 0 Å². The van der Waals surface area contributed by atoms with Crippen molar-refractivity contribution in [1.29, 1.82) is 0 Å². The van der Waals surface area contributed by atoms with Gasteiger partial charge < -0.3 is 10.6 Å². The smallest absolute Gasteiger partial charge is 0.246 e. The predicted octanol–water partition coefficient (Wildman–Crippen LogP) is 3.35. The van der Waals surface area contributed by atoms with E-state index in [2.05, 4.69) is 20.6 Å². The van der Waals surface area contributed by atoms with E-state index in [0.29, 0.717) is 11.9 Å². The Balaban J connectivity index is 1.76. The first-order chi connectivity index (χ1) is 11.5. The fourth-order valence-corrected chi connectivity index (χ4v) is 2.22. The van der Waals surface area contributed by atoms with Crippen LogP contribution in [0, 0.1) is 11.6 Å². The van der Waals surface area contributed by atoms with Crippen LogP contribution in [-0.2, 0) is 4.79 Å². The Bertz CT molecular complexity index is 895. The average molecular weight is 328 g/mol. The molecular formula is C17H14F2N4O. The Morgan fingerprint density at radius 1 is 1.12 bits per heavy atom. The van der Waals surface area contributed by atoms with Crippen molar-refractivity contribution in [3.63, 3.8) is 0 Å². The predicted molar refractivity (Wildman–Crippen MR) is 87.6 cm³/mol. The molecule has 1 atom stereocenters. The number of nitrogens with one attached hydrogen (secondary N) is 2. The molecule has 0 saturated heterocycles. The molecule has 122 valence electrons. The molecule has 1 heterocycles. The highest BCUT2D eigenvalue weighted by Gasteiger charge is 2.16. The van der Waals surface area contributed by atoms with Crippen LogP contribution in [-0.4, -0.2) is 21.9 Å². The SMILES string of the molecule is CC(Nc1ncnc2ccccc12)C(=O)Nc1ccc(F)cc1F. The molecule has 0 aliphatic heterocycles. The van der Waals surface area contributed by atoms with E-state index < -0.39 is 23.6 Å². The van der Waals surface area contributed by atoms with Crippen molar-refractivity contribution in [2.24, 2.45) is 0 Å². The molecule has 2 aromatic carbocycles. The van der Waals surface area contributed by atoms with Gasteiger partial charge in [-0.15, -0.1) is 0 Å². The van der Waals surface area contributed by atoms with E-state index in [9.17, 15) is 13.6 Å². The first kappa shape index (κ1) is 15.8. The maximum atomic E-state index is 13.6. The fourth-order valence-electron chi connectivity index (χ4n) is 2.22. The van der Waals surface area contributed by atoms with Crippen LogP contribution in [0.4, 0.5) is 20.3 Å². The zero-order chi connectivity index (χ0) is 17.1. The molecule has 0 aliphatic rings. The number of benzene rings is 2. The van der Waals surface area contributed by atoms with Gasteiger partial charge in [0.15, 0.2) is 0 Å². The minimum Gasteiger partial charge on any atom is -0.358 e. The van der Waals surface area contributed by atoms with Crippen LogP contribution in [0.2, 0.25) is 0 Å². The highest BCUT2D eigenvalue weighted by molar-refractivity contribution is 5.98. The van der Waals surface area contributed by atoms with Gasteiger partial charge in [0.1, 0.15) is 29.8 Å². The summed E-state index contributed by atoms with van der Waals surface area (Å²) in [5.41, 5.74) is 0.662. The molecule has 0 bridgehead atoms. The Morgan fingerprint density at radius 3 is 2.71 bits per heavy atom. The number of fused-ring (bicyclic) bond motifs is 1. The minimum atomic E-state index is -0.831. The number of anilines is 2. The van der Waals surface area contributed by atoms with Crippen LogP contribution in [0.1, 0.15) is 6.92 Å². The molecule has 7 heteroatoms. The third-order valence-electron chi connectivity index (χ3n) is 3.48. The molecule has 1 amide bonds. The summed E-state index contributed by atoms with van der Waals surface area (Å²) >= 11 is 0. The molecule has 0 aliphatic carbocycles. The van der Waals surface area contributed by atoms with Crippen LogP contribution < -0.4 is 10.6 Å². The molecule has 0 saturated carbocycles. The summed E-state index contributed by atoms with van der Waals surface area (Å²) in [4.78, 5) is 20.5. The second-order valence-electron chi connectivity index (χ2n) is 5.22. The van der Waals surface area contributed by atoms with Crippen molar-refractivity contribution in [2.45, 2.75) is 13.0 Å². The third-order valence-corrected chi connectivity index (χ3v) is 3.48. The number of rotatable bonds is 4. The summed E-state index contributed by atoms with van der Waals surface area (Å²) in [7, 11) is 0. The lowest BCUT2D eigenvalue weighted by atomic mass is 10.2. The zero-order valence-electron chi connectivity index (χ0n) is 12.8. The lowest BCUT2D eigenvalue weighted by Gasteiger charge is -2.16. The second-order valence-corrected chi connectivity index (χ2v) is 5.22. The summed E-state index contributed by atoms with van der Waals surface area (Å²) in [6, 6.07) is 9.65. The van der Waals surface area contributed by atoms with E-state index >= 15 is 0 Å². The lowest BCUT2D eigenvalue weighted by Crippen LogP contribution is -2.32. The van der Waals surface area contributed by atoms with Gasteiger partial charge in [-0.3, -0.25) is 4.79 Å². The molecule has 3 rings (SSSR count). The lowest BCUT2D eigenvalue weighted by molar-refractivity contribution is -0.116. The van der Waals surface area contributed by atoms with E-state index in [1.54, 1.807) is 6.92 Å². The fraction of sp³-hybridized carbons (Fsp3) is 0.118. The number of para-hydroxylation sites is 1. The Hall–Kier alpha value is -3.09. The normalized spacial score (nSPS) is 12.0. The van der Waals surface area contributed by atoms with Gasteiger partial charge in [0.05, 0.1) is 11.2 Å². The number of hydrogen-bond acceptors (Lipinski definition) is 4. The van der Waals surface area contributed by atoms with E-state index in [-0.39, 0.29) is 5.69 Å². The molecule has 5 nitrogen and oxygen atoms in total. The van der Waals surface area contributed by atoms with Gasteiger partial charge in [0.25, 0.3) is 0 Å². The molecule has 0 fully saturated rings. The molecule has 24 heavy (non-hydrogen) atoms. The van der Waals surface area contributed by atoms with Crippen LogP contribution in [0.25, 0.3) is 10.9 Å². The number of amides is 1. The van der Waals surface area contributed by atoms with Crippen molar-refractivity contribution in [2.75, 3.05) is 10.6 Å². The molecule has 1 aromatic heterocycles. The number of aromatic nitrogens is 2. The van der Waals surface area contributed by atoms with Gasteiger partial charge in [-0.2, -0.15) is 0 Å². The molecular weight excluding hydrogens is 314 g/mol. The monoisotopic (exact) mass is 328 g/mol.